The molecule has 0 radical (unpaired) electrons. The molecular formula is C16H14O3. The van der Waals surface area contributed by atoms with E-state index in [1.807, 2.05) is 6.07 Å². The van der Waals surface area contributed by atoms with Crippen molar-refractivity contribution >= 4 is 0 Å². The number of phenolic OH excluding ortho intramolecular Hbond substituents is 1. The quantitative estimate of drug-likeness (QED) is 0.785. The SMILES string of the molecule is Cc1ccc2c(c1)C1(COC1)Oc1cc(O)ccc1-2. The monoisotopic (exact) mass is 254 g/mol. The third-order valence-corrected chi connectivity index (χ3v) is 3.90. The first-order valence-corrected chi connectivity index (χ1v) is 6.39. The Morgan fingerprint density at radius 2 is 1.84 bits per heavy atom. The Balaban J connectivity index is 2.00. The molecule has 19 heavy (non-hydrogen) atoms. The van der Waals surface area contributed by atoms with Crippen LogP contribution in [0.3, 0.4) is 0 Å². The Morgan fingerprint density at radius 3 is 2.58 bits per heavy atom. The highest BCUT2D eigenvalue weighted by molar-refractivity contribution is 5.78. The van der Waals surface area contributed by atoms with Crippen LogP contribution < -0.4 is 4.74 Å². The van der Waals surface area contributed by atoms with Gasteiger partial charge in [0.2, 0.25) is 0 Å². The lowest BCUT2D eigenvalue weighted by molar-refractivity contribution is -0.169. The summed E-state index contributed by atoms with van der Waals surface area (Å²) < 4.78 is 11.5. The minimum atomic E-state index is -0.373. The first-order chi connectivity index (χ1) is 9.18. The van der Waals surface area contributed by atoms with Crippen LogP contribution in [0.15, 0.2) is 36.4 Å². The molecule has 3 nitrogen and oxygen atoms in total. The zero-order valence-electron chi connectivity index (χ0n) is 10.6. The topological polar surface area (TPSA) is 38.7 Å². The zero-order chi connectivity index (χ0) is 13.0. The first kappa shape index (κ1) is 10.9. The van der Waals surface area contributed by atoms with E-state index in [1.165, 1.54) is 16.7 Å². The largest absolute Gasteiger partial charge is 0.508 e. The van der Waals surface area contributed by atoms with Gasteiger partial charge in [-0.2, -0.15) is 0 Å². The third kappa shape index (κ3) is 1.42. The van der Waals surface area contributed by atoms with Crippen LogP contribution in [0.1, 0.15) is 11.1 Å². The molecule has 4 rings (SSSR count). The van der Waals surface area contributed by atoms with Crippen molar-refractivity contribution < 1.29 is 14.6 Å². The van der Waals surface area contributed by atoms with Crippen LogP contribution >= 0.6 is 0 Å². The van der Waals surface area contributed by atoms with Gasteiger partial charge in [0, 0.05) is 17.2 Å². The predicted octanol–water partition coefficient (Wildman–Crippen LogP) is 2.99. The summed E-state index contributed by atoms with van der Waals surface area (Å²) in [4.78, 5) is 0. The molecule has 0 atom stereocenters. The second-order valence-electron chi connectivity index (χ2n) is 5.32. The molecule has 1 saturated heterocycles. The summed E-state index contributed by atoms with van der Waals surface area (Å²) in [5, 5.41) is 9.63. The maximum absolute atomic E-state index is 9.63. The average molecular weight is 254 g/mol. The smallest absolute Gasteiger partial charge is 0.181 e. The van der Waals surface area contributed by atoms with Crippen LogP contribution in [0.25, 0.3) is 11.1 Å². The van der Waals surface area contributed by atoms with Crippen molar-refractivity contribution in [3.8, 4) is 22.6 Å². The molecule has 0 amide bonds. The van der Waals surface area contributed by atoms with Crippen molar-refractivity contribution in [2.45, 2.75) is 12.5 Å². The van der Waals surface area contributed by atoms with Crippen LogP contribution in [0.2, 0.25) is 0 Å². The fourth-order valence-corrected chi connectivity index (χ4v) is 2.86. The fourth-order valence-electron chi connectivity index (χ4n) is 2.86. The summed E-state index contributed by atoms with van der Waals surface area (Å²) in [5.41, 5.74) is 4.25. The van der Waals surface area contributed by atoms with Gasteiger partial charge in [0.1, 0.15) is 11.5 Å². The highest BCUT2D eigenvalue weighted by atomic mass is 16.6. The number of phenols is 1. The maximum Gasteiger partial charge on any atom is 0.181 e. The summed E-state index contributed by atoms with van der Waals surface area (Å²) >= 11 is 0. The fraction of sp³-hybridized carbons (Fsp3) is 0.250. The van der Waals surface area contributed by atoms with E-state index < -0.39 is 0 Å². The lowest BCUT2D eigenvalue weighted by Gasteiger charge is -2.45. The van der Waals surface area contributed by atoms with Crippen molar-refractivity contribution in [3.05, 3.63) is 47.5 Å². The van der Waals surface area contributed by atoms with Gasteiger partial charge in [-0.3, -0.25) is 0 Å². The van der Waals surface area contributed by atoms with E-state index in [4.69, 9.17) is 9.47 Å². The van der Waals surface area contributed by atoms with E-state index in [-0.39, 0.29) is 11.4 Å². The van der Waals surface area contributed by atoms with Crippen LogP contribution in [0.5, 0.6) is 11.5 Å². The first-order valence-electron chi connectivity index (χ1n) is 6.39. The van der Waals surface area contributed by atoms with E-state index in [1.54, 1.807) is 12.1 Å². The van der Waals surface area contributed by atoms with E-state index in [2.05, 4.69) is 25.1 Å². The lowest BCUT2D eigenvalue weighted by atomic mass is 9.82. The number of fused-ring (bicyclic) bond motifs is 4. The molecule has 2 aromatic carbocycles. The lowest BCUT2D eigenvalue weighted by Crippen LogP contribution is -2.53. The molecule has 2 aliphatic rings. The molecule has 0 saturated carbocycles. The number of hydrogen-bond acceptors (Lipinski definition) is 3. The van der Waals surface area contributed by atoms with Crippen molar-refractivity contribution in [1.82, 2.24) is 0 Å². The Morgan fingerprint density at radius 1 is 1.05 bits per heavy atom. The highest BCUT2D eigenvalue weighted by Crippen LogP contribution is 2.49. The van der Waals surface area contributed by atoms with Crippen LogP contribution in [0.4, 0.5) is 0 Å². The van der Waals surface area contributed by atoms with Gasteiger partial charge in [0.05, 0.1) is 13.2 Å². The van der Waals surface area contributed by atoms with Crippen molar-refractivity contribution in [2.24, 2.45) is 0 Å². The molecule has 1 N–H and O–H groups in total. The van der Waals surface area contributed by atoms with Gasteiger partial charge >= 0.3 is 0 Å². The average Bonchev–Trinajstić information content (AvgIpc) is 2.35. The summed E-state index contributed by atoms with van der Waals surface area (Å²) in [6.07, 6.45) is 0. The van der Waals surface area contributed by atoms with Gasteiger partial charge in [-0.15, -0.1) is 0 Å². The number of aromatic hydroxyl groups is 1. The van der Waals surface area contributed by atoms with E-state index in [9.17, 15) is 5.11 Å². The zero-order valence-corrected chi connectivity index (χ0v) is 10.6. The van der Waals surface area contributed by atoms with E-state index in [0.717, 1.165) is 11.3 Å². The standard InChI is InChI=1S/C16H14O3/c1-10-2-4-12-13-5-3-11(17)7-15(13)19-16(8-18-9-16)14(12)6-10/h2-7,17H,8-9H2,1H3. The van der Waals surface area contributed by atoms with Gasteiger partial charge in [-0.1, -0.05) is 23.8 Å². The Labute approximate surface area is 111 Å². The molecule has 2 heterocycles. The summed E-state index contributed by atoms with van der Waals surface area (Å²) in [5.74, 6) is 0.962. The second-order valence-corrected chi connectivity index (χ2v) is 5.32. The molecular weight excluding hydrogens is 240 g/mol. The number of ether oxygens (including phenoxy) is 2. The third-order valence-electron chi connectivity index (χ3n) is 3.90. The number of aryl methyl sites for hydroxylation is 1. The Kier molecular flexibility index (Phi) is 2.01. The molecule has 3 heteroatoms. The van der Waals surface area contributed by atoms with Gasteiger partial charge in [0.15, 0.2) is 5.60 Å². The number of rotatable bonds is 0. The highest BCUT2D eigenvalue weighted by Gasteiger charge is 2.47. The molecule has 0 aliphatic carbocycles. The normalized spacial score (nSPS) is 18.2. The van der Waals surface area contributed by atoms with Gasteiger partial charge in [-0.05, 0) is 24.6 Å². The van der Waals surface area contributed by atoms with Crippen LogP contribution in [0, 0.1) is 6.92 Å². The van der Waals surface area contributed by atoms with Gasteiger partial charge in [0.25, 0.3) is 0 Å². The van der Waals surface area contributed by atoms with Gasteiger partial charge < -0.3 is 14.6 Å². The van der Waals surface area contributed by atoms with Crippen LogP contribution in [-0.4, -0.2) is 18.3 Å². The number of benzene rings is 2. The van der Waals surface area contributed by atoms with Crippen molar-refractivity contribution in [1.29, 1.82) is 0 Å². The minimum absolute atomic E-state index is 0.227. The van der Waals surface area contributed by atoms with E-state index >= 15 is 0 Å². The summed E-state index contributed by atoms with van der Waals surface area (Å²) in [6, 6.07) is 11.7. The molecule has 0 aromatic heterocycles. The molecule has 1 fully saturated rings. The molecule has 0 bridgehead atoms. The summed E-state index contributed by atoms with van der Waals surface area (Å²) in [7, 11) is 0. The Bertz CT molecular complexity index is 672. The van der Waals surface area contributed by atoms with Gasteiger partial charge in [-0.25, -0.2) is 0 Å². The predicted molar refractivity (Wildman–Crippen MR) is 71.4 cm³/mol. The van der Waals surface area contributed by atoms with Crippen molar-refractivity contribution in [2.75, 3.05) is 13.2 Å². The Hall–Kier alpha value is -2.00. The minimum Gasteiger partial charge on any atom is -0.508 e. The van der Waals surface area contributed by atoms with E-state index in [0.29, 0.717) is 13.2 Å². The van der Waals surface area contributed by atoms with Crippen molar-refractivity contribution in [3.63, 3.8) is 0 Å². The molecule has 2 aliphatic heterocycles. The molecule has 1 spiro atoms. The summed E-state index contributed by atoms with van der Waals surface area (Å²) in [6.45, 7) is 3.22. The van der Waals surface area contributed by atoms with Crippen LogP contribution in [-0.2, 0) is 10.3 Å². The molecule has 96 valence electrons. The molecule has 2 aromatic rings. The number of hydrogen-bond donors (Lipinski definition) is 1. The molecule has 0 unspecified atom stereocenters. The maximum atomic E-state index is 9.63. The second kappa shape index (κ2) is 3.52.